The second-order valence-corrected chi connectivity index (χ2v) is 5.50. The molecule has 0 spiro atoms. The predicted octanol–water partition coefficient (Wildman–Crippen LogP) is 2.78. The van der Waals surface area contributed by atoms with Gasteiger partial charge in [0.1, 0.15) is 0 Å². The van der Waals surface area contributed by atoms with Gasteiger partial charge in [0.15, 0.2) is 0 Å². The van der Waals surface area contributed by atoms with Crippen LogP contribution in [-0.4, -0.2) is 21.8 Å². The molecule has 0 saturated heterocycles. The number of pyridine rings is 1. The van der Waals surface area contributed by atoms with Crippen molar-refractivity contribution in [3.8, 4) is 0 Å². The molecular formula is C17H19N3O. The maximum atomic E-state index is 12.8. The Bertz CT molecular complexity index is 665. The highest BCUT2D eigenvalue weighted by Gasteiger charge is 2.33. The van der Waals surface area contributed by atoms with Gasteiger partial charge in [-0.15, -0.1) is 0 Å². The smallest absolute Gasteiger partial charge is 0.256 e. The van der Waals surface area contributed by atoms with E-state index in [0.717, 1.165) is 29.8 Å². The summed E-state index contributed by atoms with van der Waals surface area (Å²) < 4.78 is 0. The van der Waals surface area contributed by atoms with Crippen molar-refractivity contribution in [2.75, 3.05) is 5.73 Å². The Hall–Kier alpha value is -2.36. The Morgan fingerprint density at radius 3 is 2.71 bits per heavy atom. The Labute approximate surface area is 124 Å². The zero-order chi connectivity index (χ0) is 14.8. The first kappa shape index (κ1) is 13.6. The molecule has 0 unspecified atom stereocenters. The lowest BCUT2D eigenvalue weighted by atomic mass is 10.1. The Morgan fingerprint density at radius 2 is 2.05 bits per heavy atom. The largest absolute Gasteiger partial charge is 0.398 e. The number of para-hydroxylation sites is 1. The molecule has 1 heterocycles. The van der Waals surface area contributed by atoms with Gasteiger partial charge in [0.2, 0.25) is 0 Å². The number of aromatic nitrogens is 1. The van der Waals surface area contributed by atoms with Crippen molar-refractivity contribution in [3.63, 3.8) is 0 Å². The van der Waals surface area contributed by atoms with Gasteiger partial charge in [-0.3, -0.25) is 9.78 Å². The van der Waals surface area contributed by atoms with E-state index in [1.165, 1.54) is 0 Å². The van der Waals surface area contributed by atoms with Crippen molar-refractivity contribution >= 4 is 11.6 Å². The van der Waals surface area contributed by atoms with Crippen molar-refractivity contribution < 1.29 is 4.79 Å². The highest BCUT2D eigenvalue weighted by Crippen LogP contribution is 2.31. The maximum Gasteiger partial charge on any atom is 0.256 e. The number of aryl methyl sites for hydroxylation is 1. The molecule has 3 rings (SSSR count). The van der Waals surface area contributed by atoms with Crippen LogP contribution in [0.15, 0.2) is 42.6 Å². The first-order valence-electron chi connectivity index (χ1n) is 7.23. The molecule has 108 valence electrons. The molecule has 1 fully saturated rings. The number of hydrogen-bond acceptors (Lipinski definition) is 3. The van der Waals surface area contributed by atoms with E-state index in [1.807, 2.05) is 48.2 Å². The molecule has 1 aromatic heterocycles. The molecule has 2 aromatic rings. The zero-order valence-corrected chi connectivity index (χ0v) is 12.1. The number of anilines is 1. The summed E-state index contributed by atoms with van der Waals surface area (Å²) in [6.45, 7) is 2.43. The highest BCUT2D eigenvalue weighted by atomic mass is 16.2. The molecule has 0 radical (unpaired) electrons. The van der Waals surface area contributed by atoms with Gasteiger partial charge in [0.05, 0.1) is 5.56 Å². The summed E-state index contributed by atoms with van der Waals surface area (Å²) in [6.07, 6.45) is 3.85. The van der Waals surface area contributed by atoms with E-state index in [4.69, 9.17) is 5.73 Å². The van der Waals surface area contributed by atoms with Crippen LogP contribution in [0.2, 0.25) is 0 Å². The lowest BCUT2D eigenvalue weighted by Gasteiger charge is -2.24. The first-order valence-corrected chi connectivity index (χ1v) is 7.23. The number of nitrogens with zero attached hydrogens (tertiary/aromatic N) is 2. The molecule has 1 aliphatic rings. The predicted molar refractivity (Wildman–Crippen MR) is 82.7 cm³/mol. The summed E-state index contributed by atoms with van der Waals surface area (Å²) in [4.78, 5) is 18.9. The van der Waals surface area contributed by atoms with Crippen LogP contribution < -0.4 is 5.73 Å². The second kappa shape index (κ2) is 5.56. The van der Waals surface area contributed by atoms with Gasteiger partial charge < -0.3 is 10.6 Å². The van der Waals surface area contributed by atoms with Crippen LogP contribution in [0.5, 0.6) is 0 Å². The molecule has 4 nitrogen and oxygen atoms in total. The monoisotopic (exact) mass is 281 g/mol. The molecule has 0 aliphatic heterocycles. The molecule has 2 N–H and O–H groups in total. The summed E-state index contributed by atoms with van der Waals surface area (Å²) in [5.74, 6) is 0.0475. The summed E-state index contributed by atoms with van der Waals surface area (Å²) in [5, 5.41) is 0. The van der Waals surface area contributed by atoms with Crippen LogP contribution in [0, 0.1) is 6.92 Å². The van der Waals surface area contributed by atoms with Crippen LogP contribution in [0.3, 0.4) is 0 Å². The van der Waals surface area contributed by atoms with Gasteiger partial charge in [0, 0.05) is 30.2 Å². The molecule has 1 amide bonds. The number of nitrogens with two attached hydrogens (primary N) is 1. The third-order valence-corrected chi connectivity index (χ3v) is 3.88. The zero-order valence-electron chi connectivity index (χ0n) is 12.1. The Balaban J connectivity index is 1.87. The standard InChI is InChI=1S/C17H19N3O/c1-12-15(6-4-10-19-12)17(21)20(14-8-9-14)11-13-5-2-3-7-16(13)18/h2-7,10,14H,8-9,11,18H2,1H3. The Kier molecular flexibility index (Phi) is 3.60. The van der Waals surface area contributed by atoms with Gasteiger partial charge >= 0.3 is 0 Å². The van der Waals surface area contributed by atoms with Crippen molar-refractivity contribution in [3.05, 3.63) is 59.4 Å². The van der Waals surface area contributed by atoms with E-state index >= 15 is 0 Å². The van der Waals surface area contributed by atoms with Crippen LogP contribution in [-0.2, 0) is 6.54 Å². The molecule has 1 saturated carbocycles. The number of rotatable bonds is 4. The SMILES string of the molecule is Cc1ncccc1C(=O)N(Cc1ccccc1N)C1CC1. The fourth-order valence-electron chi connectivity index (χ4n) is 2.48. The third-order valence-electron chi connectivity index (χ3n) is 3.88. The van der Waals surface area contributed by atoms with E-state index in [-0.39, 0.29) is 5.91 Å². The number of amides is 1. The van der Waals surface area contributed by atoms with E-state index in [1.54, 1.807) is 6.20 Å². The number of carbonyl (C=O) groups is 1. The average molecular weight is 281 g/mol. The average Bonchev–Trinajstić information content (AvgIpc) is 3.31. The molecule has 21 heavy (non-hydrogen) atoms. The molecule has 4 heteroatoms. The van der Waals surface area contributed by atoms with E-state index in [0.29, 0.717) is 18.2 Å². The quantitative estimate of drug-likeness (QED) is 0.877. The molecule has 1 aliphatic carbocycles. The van der Waals surface area contributed by atoms with Crippen molar-refractivity contribution in [1.82, 2.24) is 9.88 Å². The van der Waals surface area contributed by atoms with Gasteiger partial charge in [-0.1, -0.05) is 18.2 Å². The van der Waals surface area contributed by atoms with Gasteiger partial charge in [-0.2, -0.15) is 0 Å². The van der Waals surface area contributed by atoms with Crippen LogP contribution in [0.4, 0.5) is 5.69 Å². The summed E-state index contributed by atoms with van der Waals surface area (Å²) >= 11 is 0. The third kappa shape index (κ3) is 2.89. The maximum absolute atomic E-state index is 12.8. The summed E-state index contributed by atoms with van der Waals surface area (Å²) in [5.41, 5.74) is 9.19. The molecular weight excluding hydrogens is 262 g/mol. The number of nitrogen functional groups attached to an aromatic ring is 1. The fraction of sp³-hybridized carbons (Fsp3) is 0.294. The summed E-state index contributed by atoms with van der Waals surface area (Å²) in [6, 6.07) is 11.7. The van der Waals surface area contributed by atoms with Gasteiger partial charge in [-0.05, 0) is 43.5 Å². The fourth-order valence-corrected chi connectivity index (χ4v) is 2.48. The minimum Gasteiger partial charge on any atom is -0.398 e. The topological polar surface area (TPSA) is 59.2 Å². The normalized spacial score (nSPS) is 14.0. The number of hydrogen-bond donors (Lipinski definition) is 1. The molecule has 0 bridgehead atoms. The minimum atomic E-state index is 0.0475. The first-order chi connectivity index (χ1) is 10.2. The molecule has 1 aromatic carbocycles. The van der Waals surface area contributed by atoms with Crippen LogP contribution in [0.1, 0.15) is 34.5 Å². The Morgan fingerprint density at radius 1 is 1.29 bits per heavy atom. The van der Waals surface area contributed by atoms with E-state index in [9.17, 15) is 4.79 Å². The van der Waals surface area contributed by atoms with Crippen LogP contribution >= 0.6 is 0 Å². The lowest BCUT2D eigenvalue weighted by Crippen LogP contribution is -2.33. The van der Waals surface area contributed by atoms with E-state index in [2.05, 4.69) is 4.98 Å². The summed E-state index contributed by atoms with van der Waals surface area (Å²) in [7, 11) is 0. The minimum absolute atomic E-state index is 0.0475. The second-order valence-electron chi connectivity index (χ2n) is 5.50. The van der Waals surface area contributed by atoms with Crippen molar-refractivity contribution in [1.29, 1.82) is 0 Å². The lowest BCUT2D eigenvalue weighted by molar-refractivity contribution is 0.0729. The molecule has 0 atom stereocenters. The highest BCUT2D eigenvalue weighted by molar-refractivity contribution is 5.95. The van der Waals surface area contributed by atoms with Gasteiger partial charge in [-0.25, -0.2) is 0 Å². The van der Waals surface area contributed by atoms with Crippen molar-refractivity contribution in [2.45, 2.75) is 32.4 Å². The van der Waals surface area contributed by atoms with Crippen molar-refractivity contribution in [2.24, 2.45) is 0 Å². The number of benzene rings is 1. The van der Waals surface area contributed by atoms with Crippen LogP contribution in [0.25, 0.3) is 0 Å². The van der Waals surface area contributed by atoms with E-state index < -0.39 is 0 Å². The van der Waals surface area contributed by atoms with Gasteiger partial charge in [0.25, 0.3) is 5.91 Å². The number of carbonyl (C=O) groups excluding carboxylic acids is 1.